The molecule has 5 nitrogen and oxygen atoms in total. The Morgan fingerprint density at radius 2 is 1.95 bits per heavy atom. The van der Waals surface area contributed by atoms with Crippen LogP contribution in [0.2, 0.25) is 5.02 Å². The van der Waals surface area contributed by atoms with Crippen LogP contribution in [0.15, 0.2) is 17.0 Å². The molecule has 1 fully saturated rings. The van der Waals surface area contributed by atoms with E-state index in [2.05, 4.69) is 10.8 Å². The maximum absolute atomic E-state index is 12.7. The third-order valence-corrected chi connectivity index (χ3v) is 5.93. The number of hydrogen-bond acceptors (Lipinski definition) is 4. The van der Waals surface area contributed by atoms with Crippen LogP contribution in [-0.4, -0.2) is 50.3 Å². The molecule has 7 heteroatoms. The van der Waals surface area contributed by atoms with Gasteiger partial charge in [0.15, 0.2) is 0 Å². The normalized spacial score (nSPS) is 17.6. The van der Waals surface area contributed by atoms with Gasteiger partial charge in [-0.2, -0.15) is 4.31 Å². The van der Waals surface area contributed by atoms with Gasteiger partial charge in [-0.05, 0) is 24.6 Å². The van der Waals surface area contributed by atoms with Crippen molar-refractivity contribution < 1.29 is 8.42 Å². The van der Waals surface area contributed by atoms with Crippen LogP contribution in [0.5, 0.6) is 0 Å². The zero-order chi connectivity index (χ0) is 15.6. The summed E-state index contributed by atoms with van der Waals surface area (Å²) < 4.78 is 26.9. The molecule has 1 aliphatic rings. The largest absolute Gasteiger partial charge is 0.397 e. The van der Waals surface area contributed by atoms with Crippen molar-refractivity contribution in [3.63, 3.8) is 0 Å². The van der Waals surface area contributed by atoms with Crippen LogP contribution in [0.4, 0.5) is 5.69 Å². The van der Waals surface area contributed by atoms with E-state index in [1.807, 2.05) is 0 Å². The molecule has 1 aromatic carbocycles. The minimum absolute atomic E-state index is 0.217. The van der Waals surface area contributed by atoms with Crippen LogP contribution in [0, 0.1) is 19.3 Å². The first-order chi connectivity index (χ1) is 9.86. The maximum Gasteiger partial charge on any atom is 0.243 e. The number of terminal acetylenes is 1. The molecule has 0 saturated carbocycles. The predicted octanol–water partition coefficient (Wildman–Crippen LogP) is 1.17. The van der Waals surface area contributed by atoms with Gasteiger partial charge in [-0.25, -0.2) is 8.42 Å². The Bertz CT molecular complexity index is 674. The zero-order valence-electron chi connectivity index (χ0n) is 11.8. The van der Waals surface area contributed by atoms with Gasteiger partial charge in [0, 0.05) is 26.2 Å². The van der Waals surface area contributed by atoms with Crippen molar-refractivity contribution in [1.82, 2.24) is 9.21 Å². The minimum atomic E-state index is -3.55. The molecule has 1 aliphatic heterocycles. The Balaban J connectivity index is 2.24. The summed E-state index contributed by atoms with van der Waals surface area (Å²) in [6, 6.07) is 3.01. The van der Waals surface area contributed by atoms with Crippen LogP contribution in [0.25, 0.3) is 0 Å². The van der Waals surface area contributed by atoms with Gasteiger partial charge >= 0.3 is 0 Å². The van der Waals surface area contributed by atoms with Crippen molar-refractivity contribution in [2.24, 2.45) is 0 Å². The summed E-state index contributed by atoms with van der Waals surface area (Å²) in [4.78, 5) is 2.27. The van der Waals surface area contributed by atoms with E-state index in [0.29, 0.717) is 43.3 Å². The van der Waals surface area contributed by atoms with E-state index in [1.54, 1.807) is 13.0 Å². The van der Waals surface area contributed by atoms with Gasteiger partial charge in [0.25, 0.3) is 0 Å². The number of rotatable bonds is 3. The van der Waals surface area contributed by atoms with Crippen molar-refractivity contribution >= 4 is 27.3 Å². The molecule has 2 N–H and O–H groups in total. The van der Waals surface area contributed by atoms with Gasteiger partial charge < -0.3 is 5.73 Å². The topological polar surface area (TPSA) is 66.6 Å². The number of nitrogen functional groups attached to an aromatic ring is 1. The second-order valence-electron chi connectivity index (χ2n) is 5.02. The van der Waals surface area contributed by atoms with Crippen LogP contribution >= 0.6 is 11.6 Å². The molecule has 0 unspecified atom stereocenters. The Labute approximate surface area is 130 Å². The second-order valence-corrected chi connectivity index (χ2v) is 7.34. The first-order valence-corrected chi connectivity index (χ1v) is 8.39. The Hall–Kier alpha value is -1.26. The fourth-order valence-electron chi connectivity index (χ4n) is 2.34. The first-order valence-electron chi connectivity index (χ1n) is 6.58. The quantitative estimate of drug-likeness (QED) is 0.668. The molecule has 1 aromatic rings. The third kappa shape index (κ3) is 3.33. The van der Waals surface area contributed by atoms with Crippen molar-refractivity contribution in [3.8, 4) is 12.3 Å². The number of halogens is 1. The number of benzene rings is 1. The Morgan fingerprint density at radius 3 is 2.52 bits per heavy atom. The summed E-state index contributed by atoms with van der Waals surface area (Å²) in [6.07, 6.45) is 5.27. The summed E-state index contributed by atoms with van der Waals surface area (Å²) in [6.45, 7) is 4.36. The van der Waals surface area contributed by atoms with Gasteiger partial charge in [-0.3, -0.25) is 4.90 Å². The molecule has 0 amide bonds. The molecule has 0 spiro atoms. The Kier molecular flexibility index (Phi) is 4.79. The molecule has 0 bridgehead atoms. The van der Waals surface area contributed by atoms with E-state index in [1.165, 1.54) is 10.4 Å². The molecule has 2 rings (SSSR count). The van der Waals surface area contributed by atoms with Gasteiger partial charge in [-0.15, -0.1) is 6.42 Å². The highest BCUT2D eigenvalue weighted by Gasteiger charge is 2.29. The highest BCUT2D eigenvalue weighted by Crippen LogP contribution is 2.28. The molecule has 0 radical (unpaired) electrons. The molecular weight excluding hydrogens is 310 g/mol. The highest BCUT2D eigenvalue weighted by molar-refractivity contribution is 7.89. The number of anilines is 1. The fraction of sp³-hybridized carbons (Fsp3) is 0.429. The average Bonchev–Trinajstić information content (AvgIpc) is 2.43. The highest BCUT2D eigenvalue weighted by atomic mass is 35.5. The Morgan fingerprint density at radius 1 is 1.33 bits per heavy atom. The number of piperazine rings is 1. The molecule has 114 valence electrons. The van der Waals surface area contributed by atoms with Gasteiger partial charge in [0.2, 0.25) is 10.0 Å². The van der Waals surface area contributed by atoms with E-state index in [4.69, 9.17) is 23.8 Å². The summed E-state index contributed by atoms with van der Waals surface area (Å²) in [7, 11) is -3.55. The number of aryl methyl sites for hydroxylation is 1. The average molecular weight is 328 g/mol. The zero-order valence-corrected chi connectivity index (χ0v) is 13.4. The third-order valence-electron chi connectivity index (χ3n) is 3.56. The SMILES string of the molecule is C#CCN1CCN(S(=O)(=O)c2cc(N)c(Cl)cc2C)CC1. The van der Waals surface area contributed by atoms with E-state index < -0.39 is 10.0 Å². The van der Waals surface area contributed by atoms with Crippen molar-refractivity contribution in [1.29, 1.82) is 0 Å². The molecular formula is C14H18ClN3O2S. The summed E-state index contributed by atoms with van der Waals surface area (Å²) >= 11 is 5.92. The number of nitrogens with two attached hydrogens (primary N) is 1. The molecule has 1 saturated heterocycles. The number of sulfonamides is 1. The monoisotopic (exact) mass is 327 g/mol. The molecule has 1 heterocycles. The minimum Gasteiger partial charge on any atom is -0.397 e. The van der Waals surface area contributed by atoms with Gasteiger partial charge in [0.05, 0.1) is 22.2 Å². The lowest BCUT2D eigenvalue weighted by Crippen LogP contribution is -2.48. The molecule has 0 aromatic heterocycles. The maximum atomic E-state index is 12.7. The summed E-state index contributed by atoms with van der Waals surface area (Å²) in [5, 5.41) is 0.366. The smallest absolute Gasteiger partial charge is 0.243 e. The predicted molar refractivity (Wildman–Crippen MR) is 84.6 cm³/mol. The van der Waals surface area contributed by atoms with E-state index in [0.717, 1.165) is 0 Å². The molecule has 0 atom stereocenters. The number of hydrogen-bond donors (Lipinski definition) is 1. The molecule has 21 heavy (non-hydrogen) atoms. The van der Waals surface area contributed by atoms with Gasteiger partial charge in [-0.1, -0.05) is 17.5 Å². The van der Waals surface area contributed by atoms with Crippen molar-refractivity contribution in [2.45, 2.75) is 11.8 Å². The number of nitrogens with zero attached hydrogens (tertiary/aromatic N) is 2. The summed E-state index contributed by atoms with van der Waals surface area (Å²) in [5.41, 5.74) is 6.60. The van der Waals surface area contributed by atoms with E-state index >= 15 is 0 Å². The van der Waals surface area contributed by atoms with E-state index in [9.17, 15) is 8.42 Å². The lowest BCUT2D eigenvalue weighted by atomic mass is 10.2. The van der Waals surface area contributed by atoms with Crippen molar-refractivity contribution in [2.75, 3.05) is 38.5 Å². The van der Waals surface area contributed by atoms with Crippen LogP contribution in [-0.2, 0) is 10.0 Å². The van der Waals surface area contributed by atoms with Gasteiger partial charge in [0.1, 0.15) is 0 Å². The van der Waals surface area contributed by atoms with Crippen LogP contribution in [0.3, 0.4) is 0 Å². The van der Waals surface area contributed by atoms with Crippen molar-refractivity contribution in [3.05, 3.63) is 22.7 Å². The molecule has 0 aliphatic carbocycles. The van der Waals surface area contributed by atoms with E-state index in [-0.39, 0.29) is 10.6 Å². The van der Waals surface area contributed by atoms with Crippen LogP contribution in [0.1, 0.15) is 5.56 Å². The lowest BCUT2D eigenvalue weighted by molar-refractivity contribution is 0.207. The van der Waals surface area contributed by atoms with Crippen LogP contribution < -0.4 is 5.73 Å². The second kappa shape index (κ2) is 6.24. The fourth-order valence-corrected chi connectivity index (χ4v) is 4.22. The lowest BCUT2D eigenvalue weighted by Gasteiger charge is -2.33. The standard InChI is InChI=1S/C14H18ClN3O2S/c1-3-4-17-5-7-18(8-6-17)21(19,20)14-10-13(16)12(15)9-11(14)2/h1,9-10H,4-8,16H2,2H3. The first kappa shape index (κ1) is 16.1. The summed E-state index contributed by atoms with van der Waals surface area (Å²) in [5.74, 6) is 2.57.